The molecule has 0 unspecified atom stereocenters. The molecule has 0 saturated heterocycles. The highest BCUT2D eigenvalue weighted by Crippen LogP contribution is 2.07. The third kappa shape index (κ3) is 3.96. The Morgan fingerprint density at radius 2 is 1.33 bits per heavy atom. The lowest BCUT2D eigenvalue weighted by atomic mass is 10.6. The maximum absolute atomic E-state index is 8.49. The lowest BCUT2D eigenvalue weighted by Crippen LogP contribution is -2.47. The average Bonchev–Trinajstić information content (AvgIpc) is 2.04. The number of rotatable bonds is 6. The monoisotopic (exact) mass is 183 g/mol. The van der Waals surface area contributed by atoms with Crippen molar-refractivity contribution in [1.82, 2.24) is 0 Å². The highest BCUT2D eigenvalue weighted by Gasteiger charge is 2.27. The highest BCUT2D eigenvalue weighted by atomic mass is 17.0. The third-order valence-corrected chi connectivity index (χ3v) is 1.55. The fourth-order valence-corrected chi connectivity index (χ4v) is 0.836. The Kier molecular flexibility index (Phi) is 8.83. The molecule has 0 aromatic carbocycles. The molecule has 0 aliphatic carbocycles. The van der Waals surface area contributed by atoms with Crippen LogP contribution in [0, 0.1) is 0 Å². The molecule has 0 aliphatic rings. The van der Waals surface area contributed by atoms with E-state index >= 15 is 0 Å². The lowest BCUT2D eigenvalue weighted by Gasteiger charge is -2.28. The maximum atomic E-state index is 8.49. The van der Waals surface area contributed by atoms with Crippen molar-refractivity contribution < 1.29 is 30.2 Å². The van der Waals surface area contributed by atoms with E-state index in [1.54, 1.807) is 0 Å². The first-order chi connectivity index (χ1) is 5.24. The molecule has 6 nitrogen and oxygen atoms in total. The van der Waals surface area contributed by atoms with Gasteiger partial charge in [-0.05, 0) is 18.7 Å². The summed E-state index contributed by atoms with van der Waals surface area (Å²) in [6, 6.07) is 0. The van der Waals surface area contributed by atoms with Crippen molar-refractivity contribution in [1.29, 1.82) is 0 Å². The molecule has 0 aliphatic heterocycles. The van der Waals surface area contributed by atoms with Crippen molar-refractivity contribution in [2.45, 2.75) is 13.8 Å². The molecule has 12 heavy (non-hydrogen) atoms. The summed E-state index contributed by atoms with van der Waals surface area (Å²) in [4.78, 5) is 9.58. The Balaban J connectivity index is 0. The molecule has 0 atom stereocenters. The van der Waals surface area contributed by atoms with Gasteiger partial charge >= 0.3 is 0 Å². The zero-order chi connectivity index (χ0) is 8.74. The van der Waals surface area contributed by atoms with E-state index in [1.807, 2.05) is 13.8 Å². The van der Waals surface area contributed by atoms with E-state index in [4.69, 9.17) is 19.9 Å². The van der Waals surface area contributed by atoms with Crippen LogP contribution in [0.3, 0.4) is 0 Å². The number of hydroxylamine groups is 4. The molecular formula is C6H17NO5. The van der Waals surface area contributed by atoms with E-state index in [0.29, 0.717) is 13.1 Å². The summed E-state index contributed by atoms with van der Waals surface area (Å²) < 4.78 is 0. The molecular weight excluding hydrogens is 166 g/mol. The molecule has 76 valence electrons. The zero-order valence-electron chi connectivity index (χ0n) is 7.43. The van der Waals surface area contributed by atoms with Crippen LogP contribution in [-0.2, 0) is 9.68 Å². The van der Waals surface area contributed by atoms with Gasteiger partial charge in [0.25, 0.3) is 0 Å². The minimum atomic E-state index is -0.415. The van der Waals surface area contributed by atoms with Crippen molar-refractivity contribution in [3.8, 4) is 0 Å². The van der Waals surface area contributed by atoms with E-state index in [-0.39, 0.29) is 10.3 Å². The topological polar surface area (TPSA) is 88.9 Å². The largest absolute Gasteiger partial charge is 0.870 e. The van der Waals surface area contributed by atoms with Crippen molar-refractivity contribution in [2.24, 2.45) is 0 Å². The maximum Gasteiger partial charge on any atom is 0.206 e. The summed E-state index contributed by atoms with van der Waals surface area (Å²) in [5.41, 5.74) is 0. The van der Waals surface area contributed by atoms with E-state index < -0.39 is 13.6 Å². The smallest absolute Gasteiger partial charge is 0.206 e. The summed E-state index contributed by atoms with van der Waals surface area (Å²) in [7, 11) is 0. The minimum absolute atomic E-state index is 0. The third-order valence-electron chi connectivity index (χ3n) is 1.55. The first kappa shape index (κ1) is 14.3. The van der Waals surface area contributed by atoms with Crippen LogP contribution in [-0.4, -0.2) is 47.2 Å². The Morgan fingerprint density at radius 3 is 1.50 bits per heavy atom. The Bertz CT molecular complexity index is 87.9. The van der Waals surface area contributed by atoms with Crippen molar-refractivity contribution >= 4 is 0 Å². The van der Waals surface area contributed by atoms with Gasteiger partial charge in [-0.15, -0.1) is 9.68 Å². The molecule has 0 heterocycles. The van der Waals surface area contributed by atoms with Gasteiger partial charge < -0.3 is 15.7 Å². The van der Waals surface area contributed by atoms with E-state index in [2.05, 4.69) is 0 Å². The summed E-state index contributed by atoms with van der Waals surface area (Å²) >= 11 is 0. The number of hydrogen-bond donors (Lipinski definition) is 2. The van der Waals surface area contributed by atoms with Gasteiger partial charge in [-0.3, -0.25) is 0 Å². The number of quaternary nitrogens is 1. The molecule has 6 heteroatoms. The Labute approximate surface area is 71.7 Å². The van der Waals surface area contributed by atoms with E-state index in [0.717, 1.165) is 0 Å². The predicted molar refractivity (Wildman–Crippen MR) is 39.6 cm³/mol. The summed E-state index contributed by atoms with van der Waals surface area (Å²) in [6.45, 7) is 3.93. The minimum Gasteiger partial charge on any atom is -0.870 e. The molecule has 0 rings (SSSR count). The first-order valence-corrected chi connectivity index (χ1v) is 3.62. The Morgan fingerprint density at radius 1 is 1.00 bits per heavy atom. The molecule has 0 radical (unpaired) electrons. The van der Waals surface area contributed by atoms with Crippen molar-refractivity contribution in [2.75, 3.05) is 26.7 Å². The molecule has 0 fully saturated rings. The summed E-state index contributed by atoms with van der Waals surface area (Å²) in [5, 5.41) is 17.0. The van der Waals surface area contributed by atoms with Crippen LogP contribution in [0.1, 0.15) is 13.8 Å². The van der Waals surface area contributed by atoms with E-state index in [1.165, 1.54) is 0 Å². The van der Waals surface area contributed by atoms with Crippen LogP contribution in [0.25, 0.3) is 0 Å². The average molecular weight is 183 g/mol. The van der Waals surface area contributed by atoms with Crippen LogP contribution in [0.2, 0.25) is 0 Å². The van der Waals surface area contributed by atoms with Gasteiger partial charge in [-0.25, -0.2) is 0 Å². The van der Waals surface area contributed by atoms with Crippen molar-refractivity contribution in [3.05, 3.63) is 0 Å². The van der Waals surface area contributed by atoms with Crippen LogP contribution < -0.4 is 0 Å². The quantitative estimate of drug-likeness (QED) is 0.327. The molecule has 3 N–H and O–H groups in total. The molecule has 0 aromatic heterocycles. The number of nitrogens with zero attached hydrogens (tertiary/aromatic N) is 1. The van der Waals surface area contributed by atoms with E-state index in [9.17, 15) is 0 Å². The van der Waals surface area contributed by atoms with Crippen LogP contribution in [0.5, 0.6) is 0 Å². The number of hydrogen-bond acceptors (Lipinski definition) is 5. The highest BCUT2D eigenvalue weighted by molar-refractivity contribution is 4.09. The van der Waals surface area contributed by atoms with Gasteiger partial charge in [-0.1, -0.05) is 0 Å². The number of aliphatic hydroxyl groups is 2. The normalized spacial score (nSPS) is 11.0. The van der Waals surface area contributed by atoms with Gasteiger partial charge in [0.15, 0.2) is 0 Å². The molecule has 0 spiro atoms. The first-order valence-electron chi connectivity index (χ1n) is 3.62. The molecule has 0 amide bonds. The van der Waals surface area contributed by atoms with Gasteiger partial charge in [0, 0.05) is 0 Å². The fraction of sp³-hybridized carbons (Fsp3) is 1.00. The number of aliphatic hydroxyl groups excluding tert-OH is 2. The molecule has 0 saturated carbocycles. The second kappa shape index (κ2) is 7.41. The van der Waals surface area contributed by atoms with Gasteiger partial charge in [-0.2, -0.15) is 0 Å². The molecule has 0 aromatic rings. The lowest BCUT2D eigenvalue weighted by molar-refractivity contribution is -1.25. The van der Waals surface area contributed by atoms with Crippen molar-refractivity contribution in [3.63, 3.8) is 0 Å². The molecule has 0 bridgehead atoms. The van der Waals surface area contributed by atoms with Crippen LogP contribution in [0.15, 0.2) is 0 Å². The second-order valence-corrected chi connectivity index (χ2v) is 1.96. The second-order valence-electron chi connectivity index (χ2n) is 1.96. The summed E-state index contributed by atoms with van der Waals surface area (Å²) in [6.07, 6.45) is 0. The van der Waals surface area contributed by atoms with Gasteiger partial charge in [0.2, 0.25) is 13.6 Å². The van der Waals surface area contributed by atoms with Crippen LogP contribution in [0.4, 0.5) is 0 Å². The van der Waals surface area contributed by atoms with Gasteiger partial charge in [0.05, 0.1) is 0 Å². The summed E-state index contributed by atoms with van der Waals surface area (Å²) in [5.74, 6) is 0. The van der Waals surface area contributed by atoms with Crippen LogP contribution >= 0.6 is 0 Å². The van der Waals surface area contributed by atoms with Gasteiger partial charge in [0.1, 0.15) is 13.1 Å². The standard InChI is InChI=1S/C6H16NO4.H2O/c1-3-7(4-2,10-5-8)11-6-9;/h8-9H,3-6H2,1-2H3;1H2/q+1;/p-1. The fourth-order valence-electron chi connectivity index (χ4n) is 0.836. The SMILES string of the molecule is CC[N+](CC)(OCO)OCO.[OH-]. The predicted octanol–water partition coefficient (Wildman–Crippen LogP) is -0.571. The Hall–Kier alpha value is -0.240. The zero-order valence-corrected chi connectivity index (χ0v) is 7.43.